The first-order valence-corrected chi connectivity index (χ1v) is 5.98. The predicted molar refractivity (Wildman–Crippen MR) is 61.9 cm³/mol. The lowest BCUT2D eigenvalue weighted by atomic mass is 9.71. The predicted octanol–water partition coefficient (Wildman–Crippen LogP) is 3.86. The quantitative estimate of drug-likeness (QED) is 0.559. The molecule has 2 atom stereocenters. The monoisotopic (exact) mass is 264 g/mol. The molecular weight excluding hydrogens is 245 g/mol. The smallest absolute Gasteiger partial charge is 0.422 e. The number of rotatable bonds is 2. The van der Waals surface area contributed by atoms with E-state index in [2.05, 4.69) is 6.58 Å². The molecule has 0 heterocycles. The average molecular weight is 264 g/mol. The summed E-state index contributed by atoms with van der Waals surface area (Å²) in [6.45, 7) is 8.82. The summed E-state index contributed by atoms with van der Waals surface area (Å²) in [5, 5.41) is 0. The third-order valence-corrected chi connectivity index (χ3v) is 3.21. The highest BCUT2D eigenvalue weighted by molar-refractivity contribution is 5.89. The van der Waals surface area contributed by atoms with Gasteiger partial charge in [0, 0.05) is 0 Å². The average Bonchev–Trinajstić information content (AvgIpc) is 2.11. The molecule has 1 rings (SSSR count). The van der Waals surface area contributed by atoms with E-state index in [0.717, 1.165) is 6.42 Å². The number of halogens is 3. The van der Waals surface area contributed by atoms with Gasteiger partial charge in [0.1, 0.15) is 11.7 Å². The highest BCUT2D eigenvalue weighted by Crippen LogP contribution is 2.40. The molecule has 0 aromatic heterocycles. The van der Waals surface area contributed by atoms with Crippen LogP contribution in [-0.4, -0.2) is 18.2 Å². The van der Waals surface area contributed by atoms with Gasteiger partial charge in [-0.3, -0.25) is 0 Å². The molecular formula is C13H19F3O2. The Balaban J connectivity index is 2.63. The second-order valence-electron chi connectivity index (χ2n) is 5.92. The highest BCUT2D eigenvalue weighted by atomic mass is 19.4. The maximum atomic E-state index is 12.3. The van der Waals surface area contributed by atoms with Gasteiger partial charge in [0.2, 0.25) is 0 Å². The van der Waals surface area contributed by atoms with Crippen molar-refractivity contribution in [2.24, 2.45) is 11.3 Å². The molecule has 0 aromatic carbocycles. The van der Waals surface area contributed by atoms with Crippen LogP contribution in [0.25, 0.3) is 0 Å². The van der Waals surface area contributed by atoms with Gasteiger partial charge in [0.15, 0.2) is 0 Å². The summed E-state index contributed by atoms with van der Waals surface area (Å²) in [6, 6.07) is 0. The number of hydrogen-bond acceptors (Lipinski definition) is 2. The fraction of sp³-hybridized carbons (Fsp3) is 0.769. The molecule has 1 saturated carbocycles. The zero-order valence-corrected chi connectivity index (χ0v) is 10.9. The number of ether oxygens (including phenoxy) is 1. The lowest BCUT2D eigenvalue weighted by molar-refractivity contribution is -0.159. The fourth-order valence-electron chi connectivity index (χ4n) is 2.69. The van der Waals surface area contributed by atoms with Crippen LogP contribution < -0.4 is 0 Å². The van der Waals surface area contributed by atoms with E-state index in [4.69, 9.17) is 4.74 Å². The molecule has 0 bridgehead atoms. The molecule has 1 aliphatic carbocycles. The zero-order chi connectivity index (χ0) is 14.1. The van der Waals surface area contributed by atoms with Gasteiger partial charge in [-0.1, -0.05) is 27.4 Å². The minimum atomic E-state index is -4.72. The van der Waals surface area contributed by atoms with Crippen molar-refractivity contribution in [1.29, 1.82) is 0 Å². The third-order valence-electron chi connectivity index (χ3n) is 3.21. The number of carbonyl (C=O) groups is 1. The molecule has 5 heteroatoms. The first kappa shape index (κ1) is 15.1. The van der Waals surface area contributed by atoms with E-state index in [9.17, 15) is 18.0 Å². The van der Waals surface area contributed by atoms with E-state index in [1.165, 1.54) is 0 Å². The molecule has 104 valence electrons. The van der Waals surface area contributed by atoms with E-state index in [0.29, 0.717) is 18.8 Å². The topological polar surface area (TPSA) is 26.3 Å². The van der Waals surface area contributed by atoms with Crippen LogP contribution in [0.1, 0.15) is 40.0 Å². The van der Waals surface area contributed by atoms with Crippen LogP contribution in [0.4, 0.5) is 13.2 Å². The number of alkyl halides is 3. The first-order chi connectivity index (χ1) is 8.01. The van der Waals surface area contributed by atoms with Crippen molar-refractivity contribution in [2.75, 3.05) is 0 Å². The van der Waals surface area contributed by atoms with Crippen molar-refractivity contribution in [3.05, 3.63) is 12.2 Å². The second-order valence-corrected chi connectivity index (χ2v) is 5.92. The SMILES string of the molecule is C=C(C(=O)O[C@H]1C[C@@H](C)CC(C)(C)C1)C(F)(F)F. The van der Waals surface area contributed by atoms with Crippen molar-refractivity contribution in [1.82, 2.24) is 0 Å². The molecule has 0 spiro atoms. The summed E-state index contributed by atoms with van der Waals surface area (Å²) in [5.41, 5.74) is -1.44. The van der Waals surface area contributed by atoms with Gasteiger partial charge in [0.05, 0.1) is 0 Å². The van der Waals surface area contributed by atoms with Gasteiger partial charge in [-0.2, -0.15) is 13.2 Å². The summed E-state index contributed by atoms with van der Waals surface area (Å²) < 4.78 is 41.8. The minimum absolute atomic E-state index is 0.0117. The molecule has 2 nitrogen and oxygen atoms in total. The van der Waals surface area contributed by atoms with Crippen molar-refractivity contribution >= 4 is 5.97 Å². The number of esters is 1. The highest BCUT2D eigenvalue weighted by Gasteiger charge is 2.40. The Hall–Kier alpha value is -1.00. The third kappa shape index (κ3) is 4.03. The second kappa shape index (κ2) is 4.94. The molecule has 0 radical (unpaired) electrons. The minimum Gasteiger partial charge on any atom is -0.459 e. The van der Waals surface area contributed by atoms with Gasteiger partial charge in [-0.05, 0) is 30.6 Å². The molecule has 0 unspecified atom stereocenters. The van der Waals surface area contributed by atoms with Crippen LogP contribution in [0.2, 0.25) is 0 Å². The van der Waals surface area contributed by atoms with Crippen molar-refractivity contribution in [3.63, 3.8) is 0 Å². The molecule has 0 amide bonds. The van der Waals surface area contributed by atoms with Crippen LogP contribution >= 0.6 is 0 Å². The van der Waals surface area contributed by atoms with Crippen molar-refractivity contribution < 1.29 is 22.7 Å². The fourth-order valence-corrected chi connectivity index (χ4v) is 2.69. The molecule has 1 fully saturated rings. The lowest BCUT2D eigenvalue weighted by Gasteiger charge is -2.38. The Morgan fingerprint density at radius 1 is 1.33 bits per heavy atom. The van der Waals surface area contributed by atoms with E-state index in [1.54, 1.807) is 0 Å². The van der Waals surface area contributed by atoms with Crippen LogP contribution in [0.3, 0.4) is 0 Å². The Morgan fingerprint density at radius 2 is 1.89 bits per heavy atom. The summed E-state index contributed by atoms with van der Waals surface area (Å²) in [7, 11) is 0. The molecule has 0 N–H and O–H groups in total. The van der Waals surface area contributed by atoms with Gasteiger partial charge in [-0.25, -0.2) is 4.79 Å². The standard InChI is InChI=1S/C13H19F3O2/c1-8-5-10(7-12(3,4)6-8)18-11(17)9(2)13(14,15)16/h8,10H,2,5-7H2,1,3-4H3/t8-,10+/m1/s1. The molecule has 0 aliphatic heterocycles. The van der Waals surface area contributed by atoms with Crippen LogP contribution in [0.15, 0.2) is 12.2 Å². The maximum Gasteiger partial charge on any atom is 0.422 e. The lowest BCUT2D eigenvalue weighted by Crippen LogP contribution is -2.35. The Kier molecular flexibility index (Phi) is 4.13. The first-order valence-electron chi connectivity index (χ1n) is 5.98. The number of hydrogen-bond donors (Lipinski definition) is 0. The van der Waals surface area contributed by atoms with Gasteiger partial charge >= 0.3 is 12.1 Å². The van der Waals surface area contributed by atoms with E-state index in [1.807, 2.05) is 20.8 Å². The zero-order valence-electron chi connectivity index (χ0n) is 10.9. The van der Waals surface area contributed by atoms with E-state index >= 15 is 0 Å². The van der Waals surface area contributed by atoms with Gasteiger partial charge in [-0.15, -0.1) is 0 Å². The molecule has 0 aromatic rings. The van der Waals surface area contributed by atoms with Gasteiger partial charge in [0.25, 0.3) is 0 Å². The molecule has 0 saturated heterocycles. The van der Waals surface area contributed by atoms with Crippen molar-refractivity contribution in [3.8, 4) is 0 Å². The van der Waals surface area contributed by atoms with Gasteiger partial charge < -0.3 is 4.74 Å². The van der Waals surface area contributed by atoms with E-state index in [-0.39, 0.29) is 5.41 Å². The summed E-state index contributed by atoms with van der Waals surface area (Å²) >= 11 is 0. The molecule has 18 heavy (non-hydrogen) atoms. The summed E-state index contributed by atoms with van der Waals surface area (Å²) in [5.74, 6) is -1.01. The molecule has 1 aliphatic rings. The van der Waals surface area contributed by atoms with Crippen LogP contribution in [0.5, 0.6) is 0 Å². The van der Waals surface area contributed by atoms with Crippen molar-refractivity contribution in [2.45, 2.75) is 52.3 Å². The van der Waals surface area contributed by atoms with Crippen LogP contribution in [0, 0.1) is 11.3 Å². The Morgan fingerprint density at radius 3 is 2.33 bits per heavy atom. The summed E-state index contributed by atoms with van der Waals surface area (Å²) in [6.07, 6.45) is -2.97. The Labute approximate surface area is 105 Å². The largest absolute Gasteiger partial charge is 0.459 e. The normalized spacial score (nSPS) is 27.7. The van der Waals surface area contributed by atoms with E-state index < -0.39 is 23.8 Å². The van der Waals surface area contributed by atoms with Crippen LogP contribution in [-0.2, 0) is 9.53 Å². The number of carbonyl (C=O) groups excluding carboxylic acids is 1. The summed E-state index contributed by atoms with van der Waals surface area (Å²) in [4.78, 5) is 11.3. The maximum absolute atomic E-state index is 12.3. The Bertz CT molecular complexity index is 345.